The number of nitrogens with zero attached hydrogens (tertiary/aromatic N) is 2. The first-order chi connectivity index (χ1) is 11.7. The van der Waals surface area contributed by atoms with Crippen LogP contribution in [0.4, 0.5) is 5.69 Å². The first-order valence-corrected chi connectivity index (χ1v) is 9.66. The lowest BCUT2D eigenvalue weighted by Crippen LogP contribution is -2.43. The number of nitro groups is 1. The maximum atomic E-state index is 12.8. The van der Waals surface area contributed by atoms with Gasteiger partial charge in [0.25, 0.3) is 11.6 Å². The fourth-order valence-electron chi connectivity index (χ4n) is 2.83. The fourth-order valence-corrected chi connectivity index (χ4v) is 3.37. The Labute approximate surface area is 146 Å². The minimum atomic E-state index is -3.29. The third kappa shape index (κ3) is 5.13. The van der Waals surface area contributed by atoms with Crippen molar-refractivity contribution in [1.29, 1.82) is 0 Å². The van der Waals surface area contributed by atoms with Gasteiger partial charge in [-0.25, -0.2) is 13.1 Å². The number of carbonyl (C=O) groups excluding carboxylic acids is 1. The average Bonchev–Trinajstić information content (AvgIpc) is 2.58. The zero-order chi connectivity index (χ0) is 18.6. The molecule has 0 saturated carbocycles. The molecule has 1 aromatic carbocycles. The molecule has 1 heterocycles. The number of likely N-dealkylation sites (tertiary alicyclic amines) is 1. The summed E-state index contributed by atoms with van der Waals surface area (Å²) >= 11 is 0. The molecule has 1 unspecified atom stereocenters. The van der Waals surface area contributed by atoms with Crippen molar-refractivity contribution in [3.05, 3.63) is 33.9 Å². The van der Waals surface area contributed by atoms with E-state index in [0.717, 1.165) is 19.1 Å². The molecule has 1 amide bonds. The molecule has 10 heteroatoms. The molecular weight excluding hydrogens is 350 g/mol. The molecule has 0 spiro atoms. The van der Waals surface area contributed by atoms with Gasteiger partial charge in [0, 0.05) is 31.8 Å². The minimum Gasteiger partial charge on any atom is -0.496 e. The molecule has 1 saturated heterocycles. The van der Waals surface area contributed by atoms with Gasteiger partial charge in [0.05, 0.1) is 23.9 Å². The van der Waals surface area contributed by atoms with Crippen LogP contribution in [0.15, 0.2) is 18.2 Å². The zero-order valence-corrected chi connectivity index (χ0v) is 14.9. The van der Waals surface area contributed by atoms with Crippen molar-refractivity contribution >= 4 is 21.6 Å². The van der Waals surface area contributed by atoms with Gasteiger partial charge >= 0.3 is 0 Å². The number of non-ortho nitro benzene ring substituents is 1. The summed E-state index contributed by atoms with van der Waals surface area (Å²) in [5, 5.41) is 11.0. The van der Waals surface area contributed by atoms with Crippen molar-refractivity contribution in [3.63, 3.8) is 0 Å². The normalized spacial score (nSPS) is 18.0. The van der Waals surface area contributed by atoms with Gasteiger partial charge in [0.1, 0.15) is 5.75 Å². The number of sulfonamides is 1. The maximum Gasteiger partial charge on any atom is 0.270 e. The van der Waals surface area contributed by atoms with Gasteiger partial charge in [0.15, 0.2) is 0 Å². The summed E-state index contributed by atoms with van der Waals surface area (Å²) in [5.74, 6) is -0.0892. The number of piperidine rings is 1. The van der Waals surface area contributed by atoms with E-state index in [1.807, 2.05) is 0 Å². The fraction of sp³-hybridized carbons (Fsp3) is 0.533. The van der Waals surface area contributed by atoms with E-state index in [0.29, 0.717) is 13.1 Å². The highest BCUT2D eigenvalue weighted by Crippen LogP contribution is 2.27. The van der Waals surface area contributed by atoms with Crippen LogP contribution >= 0.6 is 0 Å². The molecular formula is C15H21N3O6S. The van der Waals surface area contributed by atoms with Gasteiger partial charge in [-0.2, -0.15) is 0 Å². The highest BCUT2D eigenvalue weighted by atomic mass is 32.2. The molecule has 138 valence electrons. The second kappa shape index (κ2) is 7.79. The summed E-state index contributed by atoms with van der Waals surface area (Å²) in [4.78, 5) is 24.8. The first kappa shape index (κ1) is 19.1. The Morgan fingerprint density at radius 3 is 2.80 bits per heavy atom. The highest BCUT2D eigenvalue weighted by molar-refractivity contribution is 7.88. The van der Waals surface area contributed by atoms with E-state index < -0.39 is 14.9 Å². The number of amides is 1. The molecule has 0 aliphatic carbocycles. The second-order valence-electron chi connectivity index (χ2n) is 6.02. The maximum absolute atomic E-state index is 12.8. The van der Waals surface area contributed by atoms with Crippen molar-refractivity contribution < 1.29 is 22.9 Å². The van der Waals surface area contributed by atoms with Crippen LogP contribution in [-0.2, 0) is 10.0 Å². The minimum absolute atomic E-state index is 0.00267. The molecule has 1 fully saturated rings. The third-order valence-electron chi connectivity index (χ3n) is 4.06. The average molecular weight is 371 g/mol. The van der Waals surface area contributed by atoms with Gasteiger partial charge in [-0.05, 0) is 24.8 Å². The van der Waals surface area contributed by atoms with E-state index in [2.05, 4.69) is 4.72 Å². The monoisotopic (exact) mass is 371 g/mol. The second-order valence-corrected chi connectivity index (χ2v) is 7.85. The number of hydrogen-bond acceptors (Lipinski definition) is 6. The number of ether oxygens (including phenoxy) is 1. The lowest BCUT2D eigenvalue weighted by molar-refractivity contribution is -0.384. The Morgan fingerprint density at radius 2 is 2.20 bits per heavy atom. The molecule has 25 heavy (non-hydrogen) atoms. The first-order valence-electron chi connectivity index (χ1n) is 7.77. The number of rotatable bonds is 6. The largest absolute Gasteiger partial charge is 0.496 e. The van der Waals surface area contributed by atoms with Crippen LogP contribution in [0.3, 0.4) is 0 Å². The summed E-state index contributed by atoms with van der Waals surface area (Å²) in [5.41, 5.74) is -0.0510. The van der Waals surface area contributed by atoms with E-state index in [4.69, 9.17) is 4.74 Å². The predicted molar refractivity (Wildman–Crippen MR) is 91.1 cm³/mol. The molecule has 1 N–H and O–H groups in total. The Kier molecular flexibility index (Phi) is 5.96. The van der Waals surface area contributed by atoms with Crippen molar-refractivity contribution in [2.24, 2.45) is 5.92 Å². The predicted octanol–water partition coefficient (Wildman–Crippen LogP) is 1.00. The summed E-state index contributed by atoms with van der Waals surface area (Å²) in [6.07, 6.45) is 2.63. The van der Waals surface area contributed by atoms with Crippen LogP contribution in [-0.4, -0.2) is 57.1 Å². The van der Waals surface area contributed by atoms with Crippen LogP contribution in [0.25, 0.3) is 0 Å². The van der Waals surface area contributed by atoms with E-state index in [1.54, 1.807) is 4.90 Å². The lowest BCUT2D eigenvalue weighted by Gasteiger charge is -2.33. The van der Waals surface area contributed by atoms with Crippen molar-refractivity contribution in [1.82, 2.24) is 9.62 Å². The number of carbonyl (C=O) groups is 1. The molecule has 0 radical (unpaired) electrons. The zero-order valence-electron chi connectivity index (χ0n) is 14.1. The van der Waals surface area contributed by atoms with E-state index in [-0.39, 0.29) is 35.4 Å². The van der Waals surface area contributed by atoms with Gasteiger partial charge in [0.2, 0.25) is 10.0 Å². The topological polar surface area (TPSA) is 119 Å². The summed E-state index contributed by atoms with van der Waals surface area (Å²) in [6.45, 7) is 1.15. The van der Waals surface area contributed by atoms with Crippen molar-refractivity contribution in [2.75, 3.05) is 33.0 Å². The standard InChI is InChI=1S/C15H21N3O6S/c1-24-14-6-5-12(18(20)21)8-13(14)15(19)17-7-3-4-11(10-17)9-16-25(2,22)23/h5-6,8,11,16H,3-4,7,9-10H2,1-2H3. The number of benzene rings is 1. The molecule has 1 aromatic rings. The number of nitro benzene ring substituents is 1. The molecule has 9 nitrogen and oxygen atoms in total. The number of methoxy groups -OCH3 is 1. The highest BCUT2D eigenvalue weighted by Gasteiger charge is 2.28. The number of nitrogens with one attached hydrogen (secondary N) is 1. The van der Waals surface area contributed by atoms with Crippen LogP contribution < -0.4 is 9.46 Å². The van der Waals surface area contributed by atoms with Gasteiger partial charge in [-0.3, -0.25) is 14.9 Å². The van der Waals surface area contributed by atoms with Crippen LogP contribution in [0.5, 0.6) is 5.75 Å². The molecule has 2 rings (SSSR count). The Bertz CT molecular complexity index is 765. The Hall–Kier alpha value is -2.20. The summed E-state index contributed by atoms with van der Waals surface area (Å²) < 4.78 is 30.1. The van der Waals surface area contributed by atoms with Gasteiger partial charge in [-0.1, -0.05) is 0 Å². The van der Waals surface area contributed by atoms with Crippen molar-refractivity contribution in [2.45, 2.75) is 12.8 Å². The molecule has 0 bridgehead atoms. The summed E-state index contributed by atoms with van der Waals surface area (Å²) in [7, 11) is -1.89. The van der Waals surface area contributed by atoms with E-state index in [1.165, 1.54) is 25.3 Å². The van der Waals surface area contributed by atoms with E-state index in [9.17, 15) is 23.3 Å². The molecule has 1 aliphatic rings. The quantitative estimate of drug-likeness (QED) is 0.589. The SMILES string of the molecule is COc1ccc([N+](=O)[O-])cc1C(=O)N1CCCC(CNS(C)(=O)=O)C1. The van der Waals surface area contributed by atoms with Crippen molar-refractivity contribution in [3.8, 4) is 5.75 Å². The van der Waals surface area contributed by atoms with Crippen LogP contribution in [0.1, 0.15) is 23.2 Å². The molecule has 1 atom stereocenters. The van der Waals surface area contributed by atoms with Crippen LogP contribution in [0.2, 0.25) is 0 Å². The molecule has 1 aliphatic heterocycles. The van der Waals surface area contributed by atoms with Crippen LogP contribution in [0, 0.1) is 16.0 Å². The van der Waals surface area contributed by atoms with E-state index >= 15 is 0 Å². The van der Waals surface area contributed by atoms with Gasteiger partial charge in [-0.15, -0.1) is 0 Å². The third-order valence-corrected chi connectivity index (χ3v) is 4.76. The smallest absolute Gasteiger partial charge is 0.270 e. The van der Waals surface area contributed by atoms with Gasteiger partial charge < -0.3 is 9.64 Å². The number of hydrogen-bond donors (Lipinski definition) is 1. The Morgan fingerprint density at radius 1 is 1.48 bits per heavy atom. The molecule has 0 aromatic heterocycles. The lowest BCUT2D eigenvalue weighted by atomic mass is 9.97. The Balaban J connectivity index is 2.16. The summed E-state index contributed by atoms with van der Waals surface area (Å²) in [6, 6.07) is 3.89.